The molecule has 8 nitrogen and oxygen atoms in total. The third kappa shape index (κ3) is 6.43. The molecule has 0 unspecified atom stereocenters. The van der Waals surface area contributed by atoms with Gasteiger partial charge in [0.25, 0.3) is 5.91 Å². The number of hydrogen-bond acceptors (Lipinski definition) is 5. The van der Waals surface area contributed by atoms with Gasteiger partial charge in [-0.2, -0.15) is 0 Å². The maximum absolute atomic E-state index is 12.2. The van der Waals surface area contributed by atoms with Gasteiger partial charge in [0.05, 0.1) is 17.4 Å². The van der Waals surface area contributed by atoms with Crippen LogP contribution in [0.4, 0.5) is 4.79 Å². The molecule has 1 aliphatic rings. The molecule has 8 heteroatoms. The van der Waals surface area contributed by atoms with Gasteiger partial charge in [-0.05, 0) is 70.6 Å². The molecule has 0 aliphatic carbocycles. The number of rotatable bonds is 7. The zero-order valence-electron chi connectivity index (χ0n) is 19.0. The van der Waals surface area contributed by atoms with Gasteiger partial charge in [-0.1, -0.05) is 0 Å². The van der Waals surface area contributed by atoms with Crippen LogP contribution in [0.15, 0.2) is 24.5 Å². The maximum Gasteiger partial charge on any atom is 0.410 e. The van der Waals surface area contributed by atoms with E-state index in [4.69, 9.17) is 9.47 Å². The molecule has 31 heavy (non-hydrogen) atoms. The van der Waals surface area contributed by atoms with Gasteiger partial charge < -0.3 is 24.3 Å². The van der Waals surface area contributed by atoms with E-state index in [0.717, 1.165) is 56.4 Å². The number of carbonyl (C=O) groups excluding carboxylic acids is 2. The first-order chi connectivity index (χ1) is 14.8. The average Bonchev–Trinajstić information content (AvgIpc) is 3.13. The van der Waals surface area contributed by atoms with Crippen molar-refractivity contribution in [3.05, 3.63) is 30.1 Å². The van der Waals surface area contributed by atoms with Gasteiger partial charge >= 0.3 is 6.09 Å². The van der Waals surface area contributed by atoms with E-state index >= 15 is 0 Å². The number of benzene rings is 1. The number of ether oxygens (including phenoxy) is 2. The highest BCUT2D eigenvalue weighted by Crippen LogP contribution is 2.24. The van der Waals surface area contributed by atoms with E-state index in [1.165, 1.54) is 0 Å². The monoisotopic (exact) mass is 430 g/mol. The number of fused-ring (bicyclic) bond motifs is 1. The quantitative estimate of drug-likeness (QED) is 0.676. The van der Waals surface area contributed by atoms with E-state index in [2.05, 4.69) is 14.9 Å². The third-order valence-corrected chi connectivity index (χ3v) is 5.54. The van der Waals surface area contributed by atoms with Crippen LogP contribution in [0.3, 0.4) is 0 Å². The number of aryl methyl sites for hydroxylation is 1. The average molecular weight is 431 g/mol. The van der Waals surface area contributed by atoms with Crippen molar-refractivity contribution in [1.82, 2.24) is 19.8 Å². The fourth-order valence-corrected chi connectivity index (χ4v) is 3.90. The summed E-state index contributed by atoms with van der Waals surface area (Å²) in [6.45, 7) is 8.24. The topological polar surface area (TPSA) is 85.7 Å². The van der Waals surface area contributed by atoms with Crippen LogP contribution >= 0.6 is 0 Å². The number of piperidine rings is 1. The van der Waals surface area contributed by atoms with Crippen LogP contribution in [-0.4, -0.2) is 59.0 Å². The molecule has 0 bridgehead atoms. The zero-order valence-corrected chi connectivity index (χ0v) is 19.0. The summed E-state index contributed by atoms with van der Waals surface area (Å²) in [6, 6.07) is 5.54. The molecular weight excluding hydrogens is 396 g/mol. The van der Waals surface area contributed by atoms with Gasteiger partial charge in [0, 0.05) is 32.3 Å². The summed E-state index contributed by atoms with van der Waals surface area (Å²) in [4.78, 5) is 30.7. The number of hydrogen-bond donors (Lipinski definition) is 1. The number of amides is 2. The van der Waals surface area contributed by atoms with Crippen molar-refractivity contribution in [2.45, 2.75) is 58.6 Å². The second kappa shape index (κ2) is 10.1. The predicted molar refractivity (Wildman–Crippen MR) is 119 cm³/mol. The Kier molecular flexibility index (Phi) is 7.54. The molecule has 0 radical (unpaired) electrons. The smallest absolute Gasteiger partial charge is 0.410 e. The number of methoxy groups -OCH3 is 1. The third-order valence-electron chi connectivity index (χ3n) is 5.54. The Bertz CT molecular complexity index is 895. The Hall–Kier alpha value is -2.61. The lowest BCUT2D eigenvalue weighted by Gasteiger charge is -2.33. The second-order valence-electron chi connectivity index (χ2n) is 9.13. The van der Waals surface area contributed by atoms with Crippen molar-refractivity contribution in [3.8, 4) is 0 Å². The van der Waals surface area contributed by atoms with Crippen LogP contribution in [0.25, 0.3) is 11.0 Å². The Balaban J connectivity index is 1.49. The van der Waals surface area contributed by atoms with Crippen LogP contribution in [0.1, 0.15) is 56.8 Å². The van der Waals surface area contributed by atoms with Crippen LogP contribution < -0.4 is 5.32 Å². The number of nitrogens with one attached hydrogen (secondary N) is 1. The first-order valence-corrected chi connectivity index (χ1v) is 11.0. The minimum absolute atomic E-state index is 0.159. The molecule has 1 N–H and O–H groups in total. The minimum Gasteiger partial charge on any atom is -0.444 e. The molecule has 170 valence electrons. The second-order valence-corrected chi connectivity index (χ2v) is 9.13. The fourth-order valence-electron chi connectivity index (χ4n) is 3.90. The first kappa shape index (κ1) is 23.1. The maximum atomic E-state index is 12.2. The van der Waals surface area contributed by atoms with Gasteiger partial charge in [0.2, 0.25) is 0 Å². The summed E-state index contributed by atoms with van der Waals surface area (Å²) in [5, 5.41) is 2.71. The Morgan fingerprint density at radius 1 is 1.23 bits per heavy atom. The molecule has 2 heterocycles. The summed E-state index contributed by atoms with van der Waals surface area (Å²) in [6.07, 6.45) is 5.79. The summed E-state index contributed by atoms with van der Waals surface area (Å²) < 4.78 is 12.5. The summed E-state index contributed by atoms with van der Waals surface area (Å²) in [7, 11) is 1.54. The predicted octanol–water partition coefficient (Wildman–Crippen LogP) is 3.80. The van der Waals surface area contributed by atoms with E-state index in [-0.39, 0.29) is 18.7 Å². The molecule has 1 aliphatic heterocycles. The number of carbonyl (C=O) groups is 2. The van der Waals surface area contributed by atoms with Crippen molar-refractivity contribution in [2.24, 2.45) is 5.92 Å². The van der Waals surface area contributed by atoms with E-state index in [1.54, 1.807) is 13.2 Å². The van der Waals surface area contributed by atoms with Gasteiger partial charge in [0.1, 0.15) is 12.3 Å². The molecule has 2 aromatic rings. The van der Waals surface area contributed by atoms with Gasteiger partial charge in [0.15, 0.2) is 0 Å². The van der Waals surface area contributed by atoms with E-state index in [0.29, 0.717) is 11.5 Å². The molecule has 1 aromatic heterocycles. The molecule has 3 rings (SSSR count). The highest BCUT2D eigenvalue weighted by molar-refractivity contribution is 5.97. The Morgan fingerprint density at radius 3 is 2.65 bits per heavy atom. The lowest BCUT2D eigenvalue weighted by molar-refractivity contribution is 0.0180. The first-order valence-electron chi connectivity index (χ1n) is 11.0. The van der Waals surface area contributed by atoms with Crippen molar-refractivity contribution in [2.75, 3.05) is 26.9 Å². The zero-order chi connectivity index (χ0) is 22.4. The lowest BCUT2D eigenvalue weighted by Crippen LogP contribution is -2.41. The van der Waals surface area contributed by atoms with E-state index < -0.39 is 5.60 Å². The highest BCUT2D eigenvalue weighted by Gasteiger charge is 2.26. The van der Waals surface area contributed by atoms with Crippen molar-refractivity contribution < 1.29 is 19.1 Å². The standard InChI is InChI=1S/C23H34N4O4/c1-23(2,3)31-22(29)26-12-9-17(10-13-26)6-5-11-27-15-24-19-8-7-18(14-20(19)27)21(28)25-16-30-4/h7-8,14-15,17H,5-6,9-13,16H2,1-4H3,(H,25,28). The SMILES string of the molecule is COCNC(=O)c1ccc2ncn(CCCC3CCN(C(=O)OC(C)(C)C)CC3)c2c1. The van der Waals surface area contributed by atoms with Crippen LogP contribution in [0, 0.1) is 5.92 Å². The molecule has 1 aromatic carbocycles. The summed E-state index contributed by atoms with van der Waals surface area (Å²) in [5.74, 6) is 0.456. The van der Waals surface area contributed by atoms with Crippen LogP contribution in [0.2, 0.25) is 0 Å². The molecule has 0 atom stereocenters. The molecule has 0 saturated carbocycles. The molecular formula is C23H34N4O4. The molecule has 2 amide bonds. The number of aromatic nitrogens is 2. The molecule has 1 saturated heterocycles. The van der Waals surface area contributed by atoms with Crippen LogP contribution in [0.5, 0.6) is 0 Å². The van der Waals surface area contributed by atoms with Crippen molar-refractivity contribution in [3.63, 3.8) is 0 Å². The van der Waals surface area contributed by atoms with Gasteiger partial charge in [-0.25, -0.2) is 9.78 Å². The Labute approximate surface area is 183 Å². The molecule has 0 spiro atoms. The number of nitrogens with zero attached hydrogens (tertiary/aromatic N) is 3. The van der Waals surface area contributed by atoms with E-state index in [9.17, 15) is 9.59 Å². The van der Waals surface area contributed by atoms with E-state index in [1.807, 2.05) is 44.1 Å². The largest absolute Gasteiger partial charge is 0.444 e. The highest BCUT2D eigenvalue weighted by atomic mass is 16.6. The lowest BCUT2D eigenvalue weighted by atomic mass is 9.92. The number of imidazole rings is 1. The summed E-state index contributed by atoms with van der Waals surface area (Å²) >= 11 is 0. The van der Waals surface area contributed by atoms with Crippen molar-refractivity contribution >= 4 is 23.0 Å². The minimum atomic E-state index is -0.453. The van der Waals surface area contributed by atoms with Gasteiger partial charge in [-0.15, -0.1) is 0 Å². The summed E-state index contributed by atoms with van der Waals surface area (Å²) in [5.41, 5.74) is 1.99. The fraction of sp³-hybridized carbons (Fsp3) is 0.609. The van der Waals surface area contributed by atoms with Gasteiger partial charge in [-0.3, -0.25) is 4.79 Å². The Morgan fingerprint density at radius 2 is 1.97 bits per heavy atom. The molecule has 1 fully saturated rings. The number of likely N-dealkylation sites (tertiary alicyclic amines) is 1. The normalized spacial score (nSPS) is 15.3. The van der Waals surface area contributed by atoms with Crippen molar-refractivity contribution in [1.29, 1.82) is 0 Å². The van der Waals surface area contributed by atoms with Crippen LogP contribution in [-0.2, 0) is 16.0 Å².